The van der Waals surface area contributed by atoms with Crippen LogP contribution in [-0.4, -0.2) is 22.4 Å². The van der Waals surface area contributed by atoms with E-state index in [4.69, 9.17) is 11.5 Å². The number of nitrogens with two attached hydrogens (primary N) is 2. The highest BCUT2D eigenvalue weighted by Crippen LogP contribution is 2.16. The van der Waals surface area contributed by atoms with Crippen molar-refractivity contribution in [2.45, 2.75) is 6.54 Å². The van der Waals surface area contributed by atoms with Gasteiger partial charge in [-0.1, -0.05) is 18.2 Å². The zero-order valence-corrected chi connectivity index (χ0v) is 10.7. The van der Waals surface area contributed by atoms with Crippen molar-refractivity contribution in [3.63, 3.8) is 0 Å². The summed E-state index contributed by atoms with van der Waals surface area (Å²) in [6.07, 6.45) is 1.28. The van der Waals surface area contributed by atoms with Crippen molar-refractivity contribution in [3.8, 4) is 0 Å². The molecule has 0 spiro atoms. The van der Waals surface area contributed by atoms with Gasteiger partial charge in [0.2, 0.25) is 5.91 Å². The van der Waals surface area contributed by atoms with Gasteiger partial charge in [0.25, 0.3) is 5.56 Å². The van der Waals surface area contributed by atoms with Crippen LogP contribution in [0.1, 0.15) is 5.56 Å². The lowest BCUT2D eigenvalue weighted by molar-refractivity contribution is -0.116. The van der Waals surface area contributed by atoms with Crippen LogP contribution in [0.2, 0.25) is 0 Å². The quantitative estimate of drug-likeness (QED) is 0.654. The molecule has 0 unspecified atom stereocenters. The highest BCUT2D eigenvalue weighted by Gasteiger charge is 2.13. The minimum absolute atomic E-state index is 0.0508. The van der Waals surface area contributed by atoms with Crippen LogP contribution in [0.15, 0.2) is 41.5 Å². The van der Waals surface area contributed by atoms with Crippen molar-refractivity contribution in [3.05, 3.63) is 52.6 Å². The summed E-state index contributed by atoms with van der Waals surface area (Å²) in [5.74, 6) is -0.141. The molecule has 0 atom stereocenters. The summed E-state index contributed by atoms with van der Waals surface area (Å²) >= 11 is 0. The van der Waals surface area contributed by atoms with Crippen molar-refractivity contribution in [2.24, 2.45) is 5.73 Å². The first kappa shape index (κ1) is 13.6. The molecule has 7 heteroatoms. The first-order chi connectivity index (χ1) is 9.56. The van der Waals surface area contributed by atoms with Crippen molar-refractivity contribution in [2.75, 3.05) is 17.2 Å². The summed E-state index contributed by atoms with van der Waals surface area (Å²) < 4.78 is 0. The summed E-state index contributed by atoms with van der Waals surface area (Å²) in [5.41, 5.74) is 12.2. The van der Waals surface area contributed by atoms with E-state index in [-0.39, 0.29) is 12.1 Å². The third-order valence-corrected chi connectivity index (χ3v) is 2.75. The number of amides is 1. The minimum Gasteiger partial charge on any atom is -0.398 e. The number of nitrogens with zero attached hydrogens (tertiary/aromatic N) is 2. The van der Waals surface area contributed by atoms with E-state index in [2.05, 4.69) is 9.97 Å². The number of nitrogen functional groups attached to an aromatic ring is 1. The molecule has 0 radical (unpaired) electrons. The van der Waals surface area contributed by atoms with Crippen LogP contribution < -0.4 is 21.9 Å². The van der Waals surface area contributed by atoms with Gasteiger partial charge < -0.3 is 21.4 Å². The average Bonchev–Trinajstić information content (AvgIpc) is 2.40. The normalized spacial score (nSPS) is 10.2. The number of anilines is 2. The largest absolute Gasteiger partial charge is 0.398 e. The molecule has 1 heterocycles. The van der Waals surface area contributed by atoms with Crippen LogP contribution in [-0.2, 0) is 11.3 Å². The van der Waals surface area contributed by atoms with Gasteiger partial charge in [-0.15, -0.1) is 0 Å². The first-order valence-electron chi connectivity index (χ1n) is 5.97. The topological polar surface area (TPSA) is 118 Å². The Morgan fingerprint density at radius 2 is 2.10 bits per heavy atom. The molecule has 1 aromatic heterocycles. The van der Waals surface area contributed by atoms with Gasteiger partial charge in [-0.05, 0) is 11.6 Å². The number of benzene rings is 1. The summed E-state index contributed by atoms with van der Waals surface area (Å²) in [5, 5.41) is 0. The number of carbonyl (C=O) groups is 1. The van der Waals surface area contributed by atoms with E-state index in [9.17, 15) is 9.59 Å². The zero-order chi connectivity index (χ0) is 14.5. The SMILES string of the molecule is NC(=O)CN(Cc1ccccc1N)c1cc(=O)[nH]cn1. The molecule has 1 amide bonds. The Morgan fingerprint density at radius 1 is 1.35 bits per heavy atom. The van der Waals surface area contributed by atoms with E-state index >= 15 is 0 Å². The molecule has 0 saturated heterocycles. The fourth-order valence-electron chi connectivity index (χ4n) is 1.82. The summed E-state index contributed by atoms with van der Waals surface area (Å²) in [7, 11) is 0. The van der Waals surface area contributed by atoms with Crippen LogP contribution >= 0.6 is 0 Å². The average molecular weight is 273 g/mol. The lowest BCUT2D eigenvalue weighted by atomic mass is 10.1. The zero-order valence-electron chi connectivity index (χ0n) is 10.7. The molecule has 0 fully saturated rings. The van der Waals surface area contributed by atoms with Crippen LogP contribution in [0.5, 0.6) is 0 Å². The number of aromatic nitrogens is 2. The van der Waals surface area contributed by atoms with Crippen molar-refractivity contribution >= 4 is 17.4 Å². The van der Waals surface area contributed by atoms with Gasteiger partial charge >= 0.3 is 0 Å². The second-order valence-electron chi connectivity index (χ2n) is 4.29. The Morgan fingerprint density at radius 3 is 2.75 bits per heavy atom. The van der Waals surface area contributed by atoms with Gasteiger partial charge in [-0.2, -0.15) is 0 Å². The number of carbonyl (C=O) groups excluding carboxylic acids is 1. The van der Waals surface area contributed by atoms with Crippen LogP contribution in [0.25, 0.3) is 0 Å². The smallest absolute Gasteiger partial charge is 0.252 e. The number of H-pyrrole nitrogens is 1. The number of hydrogen-bond donors (Lipinski definition) is 3. The number of aromatic amines is 1. The van der Waals surface area contributed by atoms with Crippen LogP contribution in [0, 0.1) is 0 Å². The third-order valence-electron chi connectivity index (χ3n) is 2.75. The van der Waals surface area contributed by atoms with Gasteiger partial charge in [0.15, 0.2) is 0 Å². The number of rotatable bonds is 5. The fraction of sp³-hybridized carbons (Fsp3) is 0.154. The predicted molar refractivity (Wildman–Crippen MR) is 76.0 cm³/mol. The molecule has 104 valence electrons. The van der Waals surface area contributed by atoms with Crippen LogP contribution in [0.4, 0.5) is 11.5 Å². The number of hydrogen-bond acceptors (Lipinski definition) is 5. The van der Waals surface area contributed by atoms with Gasteiger partial charge in [0.05, 0.1) is 12.9 Å². The van der Waals surface area contributed by atoms with Gasteiger partial charge in [-0.3, -0.25) is 9.59 Å². The minimum atomic E-state index is -0.512. The molecule has 20 heavy (non-hydrogen) atoms. The summed E-state index contributed by atoms with van der Waals surface area (Å²) in [6.45, 7) is 0.289. The third kappa shape index (κ3) is 3.35. The molecule has 0 saturated carbocycles. The van der Waals surface area contributed by atoms with Gasteiger partial charge in [0, 0.05) is 18.3 Å². The van der Waals surface area contributed by atoms with E-state index < -0.39 is 5.91 Å². The molecule has 7 nitrogen and oxygen atoms in total. The maximum absolute atomic E-state index is 11.3. The molecule has 5 N–H and O–H groups in total. The molecular formula is C13H15N5O2. The monoisotopic (exact) mass is 273 g/mol. The van der Waals surface area contributed by atoms with Crippen molar-refractivity contribution < 1.29 is 4.79 Å². The second-order valence-corrected chi connectivity index (χ2v) is 4.29. The van der Waals surface area contributed by atoms with Crippen molar-refractivity contribution in [1.29, 1.82) is 0 Å². The van der Waals surface area contributed by atoms with E-state index in [0.29, 0.717) is 18.1 Å². The first-order valence-corrected chi connectivity index (χ1v) is 5.97. The van der Waals surface area contributed by atoms with Crippen LogP contribution in [0.3, 0.4) is 0 Å². The molecule has 1 aromatic carbocycles. The number of para-hydroxylation sites is 1. The maximum Gasteiger partial charge on any atom is 0.252 e. The molecule has 0 aliphatic rings. The standard InChI is InChI=1S/C13H15N5O2/c14-10-4-2-1-3-9(10)6-18(7-11(15)19)12-5-13(20)17-8-16-12/h1-5,8H,6-7,14H2,(H2,15,19)(H,16,17,20). The summed E-state index contributed by atoms with van der Waals surface area (Å²) in [6, 6.07) is 8.59. The maximum atomic E-state index is 11.3. The predicted octanol–water partition coefficient (Wildman–Crippen LogP) is -0.156. The van der Waals surface area contributed by atoms with E-state index in [1.165, 1.54) is 12.4 Å². The highest BCUT2D eigenvalue weighted by atomic mass is 16.1. The number of nitrogens with one attached hydrogen (secondary N) is 1. The Hall–Kier alpha value is -2.83. The Bertz CT molecular complexity index is 668. The Labute approximate surface area is 115 Å². The molecule has 0 bridgehead atoms. The summed E-state index contributed by atoms with van der Waals surface area (Å²) in [4.78, 5) is 30.6. The molecular weight excluding hydrogens is 258 g/mol. The lowest BCUT2D eigenvalue weighted by Gasteiger charge is -2.22. The number of primary amides is 1. The van der Waals surface area contributed by atoms with Gasteiger partial charge in [-0.25, -0.2) is 4.98 Å². The highest BCUT2D eigenvalue weighted by molar-refractivity contribution is 5.79. The molecule has 2 rings (SSSR count). The van der Waals surface area contributed by atoms with E-state index in [0.717, 1.165) is 5.56 Å². The van der Waals surface area contributed by atoms with Gasteiger partial charge in [0.1, 0.15) is 5.82 Å². The lowest BCUT2D eigenvalue weighted by Crippen LogP contribution is -2.34. The van der Waals surface area contributed by atoms with Crippen molar-refractivity contribution in [1.82, 2.24) is 9.97 Å². The molecule has 2 aromatic rings. The second kappa shape index (κ2) is 5.87. The molecule has 0 aliphatic carbocycles. The Kier molecular flexibility index (Phi) is 3.99. The molecule has 0 aliphatic heterocycles. The van der Waals surface area contributed by atoms with E-state index in [1.807, 2.05) is 18.2 Å². The Balaban J connectivity index is 2.31. The fourth-order valence-corrected chi connectivity index (χ4v) is 1.82. The van der Waals surface area contributed by atoms with E-state index in [1.54, 1.807) is 11.0 Å².